The number of rotatable bonds is 5. The number of aliphatic hydroxyl groups is 1. The summed E-state index contributed by atoms with van der Waals surface area (Å²) in [7, 11) is 0. The predicted molar refractivity (Wildman–Crippen MR) is 78.6 cm³/mol. The van der Waals surface area contributed by atoms with E-state index in [1.54, 1.807) is 13.8 Å². The molecule has 0 spiro atoms. The molecule has 2 rings (SSSR count). The molecule has 0 fully saturated rings. The van der Waals surface area contributed by atoms with Crippen LogP contribution in [0.1, 0.15) is 49.9 Å². The molecule has 2 N–H and O–H groups in total. The monoisotopic (exact) mass is 291 g/mol. The number of pyridine rings is 1. The largest absolute Gasteiger partial charge is 0.505 e. The van der Waals surface area contributed by atoms with Crippen LogP contribution in [0, 0.1) is 0 Å². The second-order valence-electron chi connectivity index (χ2n) is 5.83. The van der Waals surface area contributed by atoms with Gasteiger partial charge in [0.25, 0.3) is 0 Å². The number of carbonyl (C=O) groups is 1. The fraction of sp³-hybridized carbons (Fsp3) is 0.500. The molecule has 21 heavy (non-hydrogen) atoms. The van der Waals surface area contributed by atoms with E-state index >= 15 is 0 Å². The molecule has 1 aliphatic carbocycles. The van der Waals surface area contributed by atoms with Crippen molar-refractivity contribution in [2.24, 2.45) is 0 Å². The van der Waals surface area contributed by atoms with Gasteiger partial charge < -0.3 is 14.9 Å². The number of aromatic hydroxyl groups is 1. The van der Waals surface area contributed by atoms with Gasteiger partial charge in [-0.2, -0.15) is 0 Å². The Balaban J connectivity index is 2.20. The van der Waals surface area contributed by atoms with Gasteiger partial charge in [-0.25, -0.2) is 0 Å². The van der Waals surface area contributed by atoms with Crippen molar-refractivity contribution in [3.05, 3.63) is 29.1 Å². The average Bonchev–Trinajstić information content (AvgIpc) is 2.44. The third kappa shape index (κ3) is 3.61. The van der Waals surface area contributed by atoms with Gasteiger partial charge in [0.2, 0.25) is 0 Å². The van der Waals surface area contributed by atoms with Crippen LogP contribution < -0.4 is 4.74 Å². The highest BCUT2D eigenvalue weighted by atomic mass is 16.5. The van der Waals surface area contributed by atoms with Crippen molar-refractivity contribution in [1.29, 1.82) is 0 Å². The fourth-order valence-electron chi connectivity index (χ4n) is 2.70. The molecule has 0 saturated carbocycles. The molecule has 0 bridgehead atoms. The van der Waals surface area contributed by atoms with E-state index in [1.807, 2.05) is 0 Å². The second-order valence-corrected chi connectivity index (χ2v) is 5.83. The van der Waals surface area contributed by atoms with Gasteiger partial charge in [0, 0.05) is 0 Å². The lowest BCUT2D eigenvalue weighted by Crippen LogP contribution is -2.27. The quantitative estimate of drug-likeness (QED) is 0.644. The lowest BCUT2D eigenvalue weighted by molar-refractivity contribution is 0.109. The first-order chi connectivity index (χ1) is 9.93. The lowest BCUT2D eigenvalue weighted by Gasteiger charge is -2.29. The summed E-state index contributed by atoms with van der Waals surface area (Å²) in [4.78, 5) is 14.8. The molecule has 1 heterocycles. The molecule has 1 aromatic rings. The van der Waals surface area contributed by atoms with E-state index in [1.165, 1.54) is 12.4 Å². The maximum Gasteiger partial charge on any atom is 0.157 e. The summed E-state index contributed by atoms with van der Waals surface area (Å²) in [5, 5.41) is 19.8. The molecule has 5 nitrogen and oxygen atoms in total. The Morgan fingerprint density at radius 2 is 2.05 bits per heavy atom. The molecule has 0 amide bonds. The normalized spacial score (nSPS) is 16.0. The van der Waals surface area contributed by atoms with Crippen LogP contribution in [-0.2, 0) is 0 Å². The van der Waals surface area contributed by atoms with Gasteiger partial charge in [0.1, 0.15) is 17.9 Å². The third-order valence-electron chi connectivity index (χ3n) is 3.77. The van der Waals surface area contributed by atoms with Crippen molar-refractivity contribution in [3.63, 3.8) is 0 Å². The van der Waals surface area contributed by atoms with E-state index in [0.717, 1.165) is 36.8 Å². The second kappa shape index (κ2) is 6.26. The van der Waals surface area contributed by atoms with E-state index < -0.39 is 5.60 Å². The Morgan fingerprint density at radius 3 is 2.71 bits per heavy atom. The zero-order valence-corrected chi connectivity index (χ0v) is 12.4. The van der Waals surface area contributed by atoms with Gasteiger partial charge in [-0.3, -0.25) is 9.78 Å². The molecule has 1 aromatic heterocycles. The summed E-state index contributed by atoms with van der Waals surface area (Å²) in [6, 6.07) is 0. The first-order valence-corrected chi connectivity index (χ1v) is 7.12. The summed E-state index contributed by atoms with van der Waals surface area (Å²) in [6.07, 6.45) is 7.05. The number of hydrogen-bond acceptors (Lipinski definition) is 5. The minimum Gasteiger partial charge on any atom is -0.505 e. The Hall–Kier alpha value is -1.88. The molecule has 0 aliphatic heterocycles. The number of aromatic nitrogens is 1. The predicted octanol–water partition coefficient (Wildman–Crippen LogP) is 2.62. The van der Waals surface area contributed by atoms with E-state index in [0.29, 0.717) is 12.9 Å². The zero-order valence-electron chi connectivity index (χ0n) is 12.4. The Bertz CT molecular complexity index is 558. The third-order valence-corrected chi connectivity index (χ3v) is 3.77. The van der Waals surface area contributed by atoms with Crippen molar-refractivity contribution >= 4 is 6.29 Å². The minimum atomic E-state index is -0.857. The Morgan fingerprint density at radius 1 is 1.33 bits per heavy atom. The minimum absolute atomic E-state index is 0.103. The van der Waals surface area contributed by atoms with Gasteiger partial charge in [-0.1, -0.05) is 0 Å². The topological polar surface area (TPSA) is 79.7 Å². The van der Waals surface area contributed by atoms with Crippen LogP contribution in [0.25, 0.3) is 0 Å². The van der Waals surface area contributed by atoms with Gasteiger partial charge in [-0.05, 0) is 50.7 Å². The summed E-state index contributed by atoms with van der Waals surface area (Å²) in [5.74, 6) is 0.0704. The molecule has 0 aromatic carbocycles. The summed E-state index contributed by atoms with van der Waals surface area (Å²) < 4.78 is 5.65. The highest BCUT2D eigenvalue weighted by Crippen LogP contribution is 2.33. The number of aldehydes is 1. The van der Waals surface area contributed by atoms with Crippen molar-refractivity contribution in [2.45, 2.75) is 45.1 Å². The SMILES string of the molecule is CC(C)(O)C1=C(COc2cncc(O)c2C=O)CCCC1. The van der Waals surface area contributed by atoms with E-state index in [4.69, 9.17) is 4.74 Å². The van der Waals surface area contributed by atoms with Crippen LogP contribution in [0.3, 0.4) is 0 Å². The lowest BCUT2D eigenvalue weighted by atomic mass is 9.83. The average molecular weight is 291 g/mol. The molecule has 0 atom stereocenters. The van der Waals surface area contributed by atoms with Crippen molar-refractivity contribution in [1.82, 2.24) is 4.98 Å². The molecular weight excluding hydrogens is 270 g/mol. The molecule has 1 aliphatic rings. The molecule has 0 saturated heterocycles. The van der Waals surface area contributed by atoms with Gasteiger partial charge in [0.15, 0.2) is 12.0 Å². The van der Waals surface area contributed by atoms with Crippen LogP contribution in [0.2, 0.25) is 0 Å². The van der Waals surface area contributed by atoms with E-state index in [-0.39, 0.29) is 17.1 Å². The number of ether oxygens (including phenoxy) is 1. The van der Waals surface area contributed by atoms with Crippen LogP contribution in [0.5, 0.6) is 11.5 Å². The zero-order chi connectivity index (χ0) is 15.5. The fourth-order valence-corrected chi connectivity index (χ4v) is 2.70. The van der Waals surface area contributed by atoms with Gasteiger partial charge in [-0.15, -0.1) is 0 Å². The van der Waals surface area contributed by atoms with Crippen LogP contribution in [0.4, 0.5) is 0 Å². The van der Waals surface area contributed by atoms with E-state index in [9.17, 15) is 15.0 Å². The number of hydrogen-bond donors (Lipinski definition) is 2. The highest BCUT2D eigenvalue weighted by molar-refractivity contribution is 5.82. The maximum atomic E-state index is 11.0. The summed E-state index contributed by atoms with van der Waals surface area (Å²) in [5.41, 5.74) is 1.32. The van der Waals surface area contributed by atoms with Crippen molar-refractivity contribution in [3.8, 4) is 11.5 Å². The highest BCUT2D eigenvalue weighted by Gasteiger charge is 2.25. The molecule has 5 heteroatoms. The van der Waals surface area contributed by atoms with Crippen LogP contribution in [-0.4, -0.2) is 33.7 Å². The summed E-state index contributed by atoms with van der Waals surface area (Å²) in [6.45, 7) is 3.85. The van der Waals surface area contributed by atoms with Crippen LogP contribution >= 0.6 is 0 Å². The smallest absolute Gasteiger partial charge is 0.157 e. The van der Waals surface area contributed by atoms with E-state index in [2.05, 4.69) is 4.98 Å². The number of carbonyl (C=O) groups excluding carboxylic acids is 1. The number of nitrogens with zero attached hydrogens (tertiary/aromatic N) is 1. The molecule has 0 unspecified atom stereocenters. The Kier molecular flexibility index (Phi) is 4.63. The summed E-state index contributed by atoms with van der Waals surface area (Å²) >= 11 is 0. The first kappa shape index (κ1) is 15.5. The maximum absolute atomic E-state index is 11.0. The standard InChI is InChI=1S/C16H21NO4/c1-16(2,20)13-6-4-3-5-11(13)10-21-15-8-17-7-14(19)12(15)9-18/h7-9,19-20H,3-6,10H2,1-2H3. The first-order valence-electron chi connectivity index (χ1n) is 7.12. The van der Waals surface area contributed by atoms with Crippen LogP contribution in [0.15, 0.2) is 23.5 Å². The molecule has 0 radical (unpaired) electrons. The van der Waals surface area contributed by atoms with Gasteiger partial charge in [0.05, 0.1) is 18.0 Å². The molecule has 114 valence electrons. The molecular formula is C16H21NO4. The van der Waals surface area contributed by atoms with Crippen molar-refractivity contribution in [2.75, 3.05) is 6.61 Å². The van der Waals surface area contributed by atoms with Crippen molar-refractivity contribution < 1.29 is 19.7 Å². The van der Waals surface area contributed by atoms with Gasteiger partial charge >= 0.3 is 0 Å². The Labute approximate surface area is 124 Å².